The molecule has 0 saturated heterocycles. The summed E-state index contributed by atoms with van der Waals surface area (Å²) in [6.07, 6.45) is 1.09. The maximum absolute atomic E-state index is 5.66. The van der Waals surface area contributed by atoms with Crippen molar-refractivity contribution in [2.24, 2.45) is 0 Å². The summed E-state index contributed by atoms with van der Waals surface area (Å²) in [5, 5.41) is 0. The van der Waals surface area contributed by atoms with Crippen LogP contribution in [0.4, 0.5) is 11.4 Å². The Hall–Kier alpha value is -0.830. The largest absolute Gasteiger partial charge is 0.399 e. The Bertz CT molecular complexity index is 286. The molecule has 1 aromatic carbocycles. The molecule has 0 aliphatic carbocycles. The third-order valence-corrected chi connectivity index (χ3v) is 2.35. The Morgan fingerprint density at radius 3 is 2.69 bits per heavy atom. The fourth-order valence-corrected chi connectivity index (χ4v) is 1.72. The van der Waals surface area contributed by atoms with Crippen molar-refractivity contribution < 1.29 is 0 Å². The molecule has 0 radical (unpaired) electrons. The number of nitrogens with two attached hydrogens (primary N) is 1. The van der Waals surface area contributed by atoms with Gasteiger partial charge in [-0.2, -0.15) is 0 Å². The molecule has 2 nitrogen and oxygen atoms in total. The lowest BCUT2D eigenvalue weighted by Crippen LogP contribution is -2.12. The molecule has 0 atom stereocenters. The summed E-state index contributed by atoms with van der Waals surface area (Å²) in [6, 6.07) is 5.88. The van der Waals surface area contributed by atoms with E-state index >= 15 is 0 Å². The van der Waals surface area contributed by atoms with Crippen molar-refractivity contribution >= 4 is 24.2 Å². The van der Waals surface area contributed by atoms with Crippen molar-refractivity contribution in [1.29, 1.82) is 0 Å². The van der Waals surface area contributed by atoms with Gasteiger partial charge < -0.3 is 10.0 Å². The molecule has 0 spiro atoms. The minimum Gasteiger partial charge on any atom is -0.399 e. The number of thiol groups is 1. The first-order chi connectivity index (χ1) is 6.15. The molecule has 0 saturated carbocycles. The van der Waals surface area contributed by atoms with Crippen LogP contribution in [0.2, 0.25) is 0 Å². The Labute approximate surface area is 85.3 Å². The Balaban J connectivity index is 2.88. The number of hydrogen-bond donors (Lipinski definition) is 2. The Morgan fingerprint density at radius 2 is 2.15 bits per heavy atom. The zero-order valence-electron chi connectivity index (χ0n) is 8.12. The van der Waals surface area contributed by atoms with Crippen LogP contribution in [0.25, 0.3) is 0 Å². The smallest absolute Gasteiger partial charge is 0.0498 e. The van der Waals surface area contributed by atoms with Gasteiger partial charge in [0, 0.05) is 17.9 Å². The van der Waals surface area contributed by atoms with Crippen LogP contribution in [-0.2, 0) is 0 Å². The fraction of sp³-hybridized carbons (Fsp3) is 0.400. The highest BCUT2D eigenvalue weighted by molar-refractivity contribution is 7.81. The molecule has 72 valence electrons. The molecule has 13 heavy (non-hydrogen) atoms. The van der Waals surface area contributed by atoms with Crippen LogP contribution < -0.4 is 10.0 Å². The van der Waals surface area contributed by atoms with E-state index in [9.17, 15) is 0 Å². The van der Waals surface area contributed by atoms with Crippen LogP contribution in [0.5, 0.6) is 0 Å². The molecule has 0 amide bonds. The predicted octanol–water partition coefficient (Wildman–Crippen LogP) is 2.64. The molecule has 0 fully saturated rings. The van der Waals surface area contributed by atoms with E-state index in [1.807, 2.05) is 29.4 Å². The topological polar surface area (TPSA) is 29.3 Å². The summed E-state index contributed by atoms with van der Waals surface area (Å²) in [5.41, 5.74) is 8.77. The van der Waals surface area contributed by atoms with E-state index in [2.05, 4.69) is 19.7 Å². The molecule has 0 unspecified atom stereocenters. The van der Waals surface area contributed by atoms with Crippen molar-refractivity contribution in [3.63, 3.8) is 0 Å². The number of aryl methyl sites for hydroxylation is 1. The summed E-state index contributed by atoms with van der Waals surface area (Å²) in [7, 11) is 0. The third-order valence-electron chi connectivity index (χ3n) is 1.93. The minimum absolute atomic E-state index is 0.805. The second kappa shape index (κ2) is 4.42. The Morgan fingerprint density at radius 1 is 1.46 bits per heavy atom. The molecular weight excluding hydrogens is 180 g/mol. The number of nitrogen functional groups attached to an aromatic ring is 1. The molecule has 2 N–H and O–H groups in total. The van der Waals surface area contributed by atoms with Crippen molar-refractivity contribution in [3.8, 4) is 0 Å². The molecule has 1 aromatic rings. The summed E-state index contributed by atoms with van der Waals surface area (Å²) in [6.45, 7) is 5.13. The van der Waals surface area contributed by atoms with Crippen molar-refractivity contribution in [2.75, 3.05) is 16.6 Å². The van der Waals surface area contributed by atoms with Crippen LogP contribution in [0.15, 0.2) is 18.2 Å². The van der Waals surface area contributed by atoms with E-state index in [0.717, 1.165) is 24.3 Å². The van der Waals surface area contributed by atoms with E-state index < -0.39 is 0 Å². The highest BCUT2D eigenvalue weighted by atomic mass is 32.1. The lowest BCUT2D eigenvalue weighted by atomic mass is 10.2. The maximum Gasteiger partial charge on any atom is 0.0498 e. The van der Waals surface area contributed by atoms with Gasteiger partial charge in [0.2, 0.25) is 0 Å². The quantitative estimate of drug-likeness (QED) is 0.575. The van der Waals surface area contributed by atoms with Gasteiger partial charge in [0.1, 0.15) is 0 Å². The molecule has 0 bridgehead atoms. The van der Waals surface area contributed by atoms with Crippen LogP contribution in [0.3, 0.4) is 0 Å². The standard InChI is InChI=1S/C10H16N2S/c1-3-6-12(13)10-5-4-9(11)7-8(10)2/h4-5,7,13H,3,6,11H2,1-2H3. The zero-order chi connectivity index (χ0) is 9.84. The summed E-state index contributed by atoms with van der Waals surface area (Å²) in [4.78, 5) is 0. The van der Waals surface area contributed by atoms with Crippen LogP contribution in [0.1, 0.15) is 18.9 Å². The van der Waals surface area contributed by atoms with Crippen molar-refractivity contribution in [2.45, 2.75) is 20.3 Å². The van der Waals surface area contributed by atoms with Gasteiger partial charge >= 0.3 is 0 Å². The zero-order valence-corrected chi connectivity index (χ0v) is 9.01. The molecule has 3 heteroatoms. The van der Waals surface area contributed by atoms with Crippen molar-refractivity contribution in [3.05, 3.63) is 23.8 Å². The second-order valence-corrected chi connectivity index (χ2v) is 3.65. The molecule has 0 aliphatic rings. The average molecular weight is 196 g/mol. The van der Waals surface area contributed by atoms with Crippen LogP contribution >= 0.6 is 12.8 Å². The Kier molecular flexibility index (Phi) is 3.48. The average Bonchev–Trinajstić information content (AvgIpc) is 2.04. The number of benzene rings is 1. The normalized spacial score (nSPS) is 10.1. The van der Waals surface area contributed by atoms with Crippen LogP contribution in [0, 0.1) is 6.92 Å². The first-order valence-corrected chi connectivity index (χ1v) is 4.87. The first kappa shape index (κ1) is 10.3. The second-order valence-electron chi connectivity index (χ2n) is 3.17. The lowest BCUT2D eigenvalue weighted by Gasteiger charge is -2.19. The minimum atomic E-state index is 0.805. The molecule has 0 heterocycles. The van der Waals surface area contributed by atoms with Gasteiger partial charge in [0.05, 0.1) is 0 Å². The van der Waals surface area contributed by atoms with Crippen molar-refractivity contribution in [1.82, 2.24) is 0 Å². The molecule has 0 aliphatic heterocycles. The third kappa shape index (κ3) is 2.56. The highest BCUT2D eigenvalue weighted by Crippen LogP contribution is 2.23. The van der Waals surface area contributed by atoms with Gasteiger partial charge in [0.25, 0.3) is 0 Å². The number of anilines is 2. The van der Waals surface area contributed by atoms with E-state index in [1.54, 1.807) is 0 Å². The predicted molar refractivity (Wildman–Crippen MR) is 62.2 cm³/mol. The van der Waals surface area contributed by atoms with E-state index in [-0.39, 0.29) is 0 Å². The summed E-state index contributed by atoms with van der Waals surface area (Å²) >= 11 is 4.40. The molecule has 0 aromatic heterocycles. The van der Waals surface area contributed by atoms with Gasteiger partial charge in [-0.25, -0.2) is 0 Å². The van der Waals surface area contributed by atoms with Crippen LogP contribution in [-0.4, -0.2) is 6.54 Å². The van der Waals surface area contributed by atoms with Gasteiger partial charge in [-0.05, 0) is 37.1 Å². The summed E-state index contributed by atoms with van der Waals surface area (Å²) < 4.78 is 1.95. The number of hydrogen-bond acceptors (Lipinski definition) is 3. The number of nitrogens with zero attached hydrogens (tertiary/aromatic N) is 1. The molecular formula is C10H16N2S. The van der Waals surface area contributed by atoms with E-state index in [1.165, 1.54) is 5.56 Å². The van der Waals surface area contributed by atoms with E-state index in [0.29, 0.717) is 0 Å². The van der Waals surface area contributed by atoms with Gasteiger partial charge in [-0.1, -0.05) is 19.7 Å². The lowest BCUT2D eigenvalue weighted by molar-refractivity contribution is 0.931. The fourth-order valence-electron chi connectivity index (χ4n) is 1.30. The molecule has 1 rings (SSSR count). The van der Waals surface area contributed by atoms with E-state index in [4.69, 9.17) is 5.73 Å². The van der Waals surface area contributed by atoms with Gasteiger partial charge in [-0.15, -0.1) is 0 Å². The highest BCUT2D eigenvalue weighted by Gasteiger charge is 2.03. The monoisotopic (exact) mass is 196 g/mol. The first-order valence-electron chi connectivity index (χ1n) is 4.47. The van der Waals surface area contributed by atoms with Gasteiger partial charge in [-0.3, -0.25) is 0 Å². The van der Waals surface area contributed by atoms with Gasteiger partial charge in [0.15, 0.2) is 0 Å². The summed E-state index contributed by atoms with van der Waals surface area (Å²) in [5.74, 6) is 0. The maximum atomic E-state index is 5.66. The SMILES string of the molecule is CCCN(S)c1ccc(N)cc1C. The number of rotatable bonds is 3.